The average molecular weight is 381 g/mol. The number of hydrogen-bond donors (Lipinski definition) is 0. The largest absolute Gasteiger partial charge is 0.334 e. The summed E-state index contributed by atoms with van der Waals surface area (Å²) < 4.78 is 13.1. The van der Waals surface area contributed by atoms with Crippen molar-refractivity contribution in [2.24, 2.45) is 11.1 Å². The van der Waals surface area contributed by atoms with E-state index in [-0.39, 0.29) is 11.7 Å². The standard InChI is InChI=1S/C22H24FN3O2/c23-19-7-5-17(6-8-19)21(24-28)15-25-11-9-16(10-12-25)13-26-14-18-3-1-2-4-20(18)22(26)27/h1-8,16,21H,9-15H2. The van der Waals surface area contributed by atoms with Gasteiger partial charge >= 0.3 is 0 Å². The number of benzene rings is 2. The number of nitrogens with zero attached hydrogens (tertiary/aromatic N) is 3. The van der Waals surface area contributed by atoms with Crippen LogP contribution in [0, 0.1) is 16.6 Å². The summed E-state index contributed by atoms with van der Waals surface area (Å²) in [5.41, 5.74) is 2.70. The average Bonchev–Trinajstić information content (AvgIpc) is 3.04. The molecule has 1 atom stereocenters. The maximum Gasteiger partial charge on any atom is 0.254 e. The van der Waals surface area contributed by atoms with Gasteiger partial charge in [0.25, 0.3) is 5.91 Å². The Morgan fingerprint density at radius 2 is 1.79 bits per heavy atom. The lowest BCUT2D eigenvalue weighted by Crippen LogP contribution is -2.40. The molecule has 0 saturated carbocycles. The second-order valence-corrected chi connectivity index (χ2v) is 7.76. The molecule has 1 amide bonds. The minimum atomic E-state index is -0.480. The van der Waals surface area contributed by atoms with Gasteiger partial charge in [-0.25, -0.2) is 4.39 Å². The molecule has 5 nitrogen and oxygen atoms in total. The molecule has 2 heterocycles. The number of carbonyl (C=O) groups excluding carboxylic acids is 1. The molecule has 6 heteroatoms. The molecule has 28 heavy (non-hydrogen) atoms. The van der Waals surface area contributed by atoms with Crippen LogP contribution in [0.1, 0.15) is 40.4 Å². The number of hydrogen-bond acceptors (Lipinski definition) is 4. The molecular formula is C22H24FN3O2. The number of rotatable bonds is 6. The van der Waals surface area contributed by atoms with E-state index in [9.17, 15) is 14.1 Å². The molecule has 2 aliphatic heterocycles. The van der Waals surface area contributed by atoms with Crippen molar-refractivity contribution in [2.75, 3.05) is 26.2 Å². The number of likely N-dealkylation sites (tertiary alicyclic amines) is 1. The van der Waals surface area contributed by atoms with Crippen LogP contribution in [0.15, 0.2) is 53.7 Å². The summed E-state index contributed by atoms with van der Waals surface area (Å²) in [4.78, 5) is 28.0. The number of piperidine rings is 1. The van der Waals surface area contributed by atoms with Gasteiger partial charge in [-0.1, -0.05) is 35.5 Å². The summed E-state index contributed by atoms with van der Waals surface area (Å²) in [5.74, 6) is 0.301. The van der Waals surface area contributed by atoms with E-state index in [1.165, 1.54) is 12.1 Å². The fourth-order valence-electron chi connectivity index (χ4n) is 4.25. The zero-order chi connectivity index (χ0) is 19.5. The van der Waals surface area contributed by atoms with Gasteiger partial charge in [-0.15, -0.1) is 0 Å². The zero-order valence-corrected chi connectivity index (χ0v) is 15.8. The van der Waals surface area contributed by atoms with E-state index in [0.29, 0.717) is 19.0 Å². The van der Waals surface area contributed by atoms with Gasteiger partial charge in [0.2, 0.25) is 0 Å². The third kappa shape index (κ3) is 3.97. The summed E-state index contributed by atoms with van der Waals surface area (Å²) in [7, 11) is 0. The van der Waals surface area contributed by atoms with Crippen molar-refractivity contribution in [1.82, 2.24) is 9.80 Å². The normalized spacial score (nSPS) is 18.9. The van der Waals surface area contributed by atoms with E-state index in [1.54, 1.807) is 12.1 Å². The molecule has 1 fully saturated rings. The van der Waals surface area contributed by atoms with Gasteiger partial charge in [-0.05, 0) is 61.2 Å². The highest BCUT2D eigenvalue weighted by atomic mass is 19.1. The SMILES string of the molecule is O=NC(CN1CCC(CN2Cc3ccccc3C2=O)CC1)c1ccc(F)cc1. The summed E-state index contributed by atoms with van der Waals surface area (Å²) in [6.07, 6.45) is 1.99. The van der Waals surface area contributed by atoms with Crippen LogP contribution in [0.25, 0.3) is 0 Å². The molecule has 1 unspecified atom stereocenters. The van der Waals surface area contributed by atoms with Crippen LogP contribution in [0.5, 0.6) is 0 Å². The van der Waals surface area contributed by atoms with Crippen molar-refractivity contribution in [1.29, 1.82) is 0 Å². The van der Waals surface area contributed by atoms with E-state index >= 15 is 0 Å². The van der Waals surface area contributed by atoms with Gasteiger partial charge in [0.05, 0.1) is 0 Å². The van der Waals surface area contributed by atoms with Crippen LogP contribution in [-0.2, 0) is 6.54 Å². The summed E-state index contributed by atoms with van der Waals surface area (Å²) in [5, 5.41) is 3.25. The molecule has 2 aliphatic rings. The Bertz CT molecular complexity index is 847. The van der Waals surface area contributed by atoms with Crippen molar-refractivity contribution in [3.63, 3.8) is 0 Å². The first-order chi connectivity index (χ1) is 13.6. The van der Waals surface area contributed by atoms with Crippen molar-refractivity contribution in [3.8, 4) is 0 Å². The number of fused-ring (bicyclic) bond motifs is 1. The number of amides is 1. The van der Waals surface area contributed by atoms with Gasteiger partial charge in [-0.2, -0.15) is 4.91 Å². The first kappa shape index (κ1) is 18.7. The van der Waals surface area contributed by atoms with Gasteiger partial charge in [-0.3, -0.25) is 4.79 Å². The molecule has 2 aromatic carbocycles. The second kappa shape index (κ2) is 8.19. The summed E-state index contributed by atoms with van der Waals surface area (Å²) in [6.45, 7) is 3.81. The number of carbonyl (C=O) groups is 1. The van der Waals surface area contributed by atoms with Crippen LogP contribution in [0.4, 0.5) is 4.39 Å². The molecule has 4 rings (SSSR count). The summed E-state index contributed by atoms with van der Waals surface area (Å²) >= 11 is 0. The molecular weight excluding hydrogens is 357 g/mol. The number of nitroso groups, excluding NO2 is 1. The fourth-order valence-corrected chi connectivity index (χ4v) is 4.25. The predicted octanol–water partition coefficient (Wildman–Crippen LogP) is 4.00. The predicted molar refractivity (Wildman–Crippen MR) is 105 cm³/mol. The Balaban J connectivity index is 1.28. The molecule has 0 bridgehead atoms. The van der Waals surface area contributed by atoms with Crippen molar-refractivity contribution in [2.45, 2.75) is 25.4 Å². The Morgan fingerprint density at radius 1 is 1.07 bits per heavy atom. The monoisotopic (exact) mass is 381 g/mol. The third-order valence-corrected chi connectivity index (χ3v) is 5.90. The van der Waals surface area contributed by atoms with Crippen molar-refractivity contribution >= 4 is 5.91 Å². The van der Waals surface area contributed by atoms with Gasteiger partial charge in [0.1, 0.15) is 11.9 Å². The molecule has 0 aliphatic carbocycles. The molecule has 0 spiro atoms. The second-order valence-electron chi connectivity index (χ2n) is 7.76. The quantitative estimate of drug-likeness (QED) is 0.711. The summed E-state index contributed by atoms with van der Waals surface area (Å²) in [6, 6.07) is 13.3. The van der Waals surface area contributed by atoms with Crippen LogP contribution < -0.4 is 0 Å². The van der Waals surface area contributed by atoms with Crippen molar-refractivity contribution in [3.05, 3.63) is 75.9 Å². The minimum absolute atomic E-state index is 0.138. The van der Waals surface area contributed by atoms with E-state index < -0.39 is 6.04 Å². The molecule has 0 aromatic heterocycles. The third-order valence-electron chi connectivity index (χ3n) is 5.90. The molecule has 1 saturated heterocycles. The highest BCUT2D eigenvalue weighted by Gasteiger charge is 2.30. The van der Waals surface area contributed by atoms with Gasteiger partial charge < -0.3 is 9.80 Å². The number of halogens is 1. The lowest BCUT2D eigenvalue weighted by molar-refractivity contribution is 0.0712. The first-order valence-corrected chi connectivity index (χ1v) is 9.81. The van der Waals surface area contributed by atoms with E-state index in [0.717, 1.165) is 49.2 Å². The molecule has 0 N–H and O–H groups in total. The smallest absolute Gasteiger partial charge is 0.254 e. The lowest BCUT2D eigenvalue weighted by atomic mass is 9.95. The molecule has 2 aromatic rings. The topological polar surface area (TPSA) is 53.0 Å². The van der Waals surface area contributed by atoms with Crippen molar-refractivity contribution < 1.29 is 9.18 Å². The van der Waals surface area contributed by atoms with Crippen LogP contribution in [-0.4, -0.2) is 41.9 Å². The van der Waals surface area contributed by atoms with Gasteiger partial charge in [0, 0.05) is 25.2 Å². The Labute approximate surface area is 164 Å². The maximum atomic E-state index is 13.1. The van der Waals surface area contributed by atoms with Gasteiger partial charge in [0.15, 0.2) is 0 Å². The lowest BCUT2D eigenvalue weighted by Gasteiger charge is -2.34. The molecule has 0 radical (unpaired) electrons. The zero-order valence-electron chi connectivity index (χ0n) is 15.8. The molecule has 146 valence electrons. The Morgan fingerprint density at radius 3 is 2.46 bits per heavy atom. The van der Waals surface area contributed by atoms with Crippen LogP contribution in [0.2, 0.25) is 0 Å². The van der Waals surface area contributed by atoms with E-state index in [1.807, 2.05) is 29.2 Å². The van der Waals surface area contributed by atoms with E-state index in [2.05, 4.69) is 10.1 Å². The maximum absolute atomic E-state index is 13.1. The van der Waals surface area contributed by atoms with Crippen LogP contribution in [0.3, 0.4) is 0 Å². The minimum Gasteiger partial charge on any atom is -0.334 e. The Kier molecular flexibility index (Phi) is 5.48. The van der Waals surface area contributed by atoms with Crippen LogP contribution >= 0.6 is 0 Å². The highest BCUT2D eigenvalue weighted by Crippen LogP contribution is 2.27. The van der Waals surface area contributed by atoms with E-state index in [4.69, 9.17) is 0 Å². The fraction of sp³-hybridized carbons (Fsp3) is 0.409. The highest BCUT2D eigenvalue weighted by molar-refractivity contribution is 5.98. The first-order valence-electron chi connectivity index (χ1n) is 9.81. The Hall–Kier alpha value is -2.60.